The van der Waals surface area contributed by atoms with Gasteiger partial charge >= 0.3 is 6.18 Å². The van der Waals surface area contributed by atoms with Gasteiger partial charge < -0.3 is 10.7 Å². The Morgan fingerprint density at radius 2 is 1.75 bits per heavy atom. The molecule has 0 aliphatic carbocycles. The number of hydrogen-bond acceptors (Lipinski definition) is 3. The summed E-state index contributed by atoms with van der Waals surface area (Å²) in [5, 5.41) is -2.77. The molecule has 0 amide bonds. The van der Waals surface area contributed by atoms with E-state index in [1.807, 2.05) is 0 Å². The Kier molecular flexibility index (Phi) is 4.80. The highest BCUT2D eigenvalue weighted by Gasteiger charge is 2.42. The van der Waals surface area contributed by atoms with Crippen LogP contribution in [-0.4, -0.2) is 24.4 Å². The molecule has 0 aromatic heterocycles. The molecule has 0 spiro atoms. The van der Waals surface area contributed by atoms with Crippen LogP contribution in [0.3, 0.4) is 0 Å². The third-order valence-corrected chi connectivity index (χ3v) is 2.38. The van der Waals surface area contributed by atoms with Crippen LogP contribution in [0, 0.1) is 0 Å². The van der Waals surface area contributed by atoms with Gasteiger partial charge in [0.15, 0.2) is 0 Å². The van der Waals surface area contributed by atoms with Gasteiger partial charge in [-0.05, 0) is 6.42 Å². The van der Waals surface area contributed by atoms with Crippen molar-refractivity contribution in [3.05, 3.63) is 0 Å². The molecule has 76 valence electrons. The zero-order chi connectivity index (χ0) is 9.28. The number of rotatable bonds is 2. The van der Waals surface area contributed by atoms with E-state index >= 15 is 0 Å². The highest BCUT2D eigenvalue weighted by molar-refractivity contribution is 7.86. The zero-order valence-electron chi connectivity index (χ0n) is 6.55. The van der Waals surface area contributed by atoms with Crippen molar-refractivity contribution in [3.8, 4) is 0 Å². The van der Waals surface area contributed by atoms with Gasteiger partial charge in [-0.15, -0.1) is 0 Å². The van der Waals surface area contributed by atoms with Crippen LogP contribution in [0.15, 0.2) is 0 Å². The monoisotopic (exact) mass is 209 g/mol. The molecule has 0 bridgehead atoms. The quantitative estimate of drug-likeness (QED) is 0.693. The van der Waals surface area contributed by atoms with E-state index in [0.717, 1.165) is 6.92 Å². The molecule has 0 aliphatic heterocycles. The molecule has 4 N–H and O–H groups in total. The molecule has 8 heteroatoms. The van der Waals surface area contributed by atoms with Gasteiger partial charge in [0, 0.05) is 0 Å². The minimum Gasteiger partial charge on any atom is -0.747 e. The van der Waals surface area contributed by atoms with Crippen molar-refractivity contribution in [3.63, 3.8) is 0 Å². The highest BCUT2D eigenvalue weighted by Crippen LogP contribution is 2.27. The van der Waals surface area contributed by atoms with E-state index in [1.54, 1.807) is 0 Å². The molecule has 0 saturated heterocycles. The average Bonchev–Trinajstić information content (AvgIpc) is 1.56. The summed E-state index contributed by atoms with van der Waals surface area (Å²) in [7, 11) is -5.25. The van der Waals surface area contributed by atoms with E-state index in [9.17, 15) is 26.1 Å². The minimum atomic E-state index is -5.25. The van der Waals surface area contributed by atoms with Gasteiger partial charge in [-0.2, -0.15) is 13.2 Å². The lowest BCUT2D eigenvalue weighted by atomic mass is 10.3. The molecule has 0 aromatic carbocycles. The first kappa shape index (κ1) is 14.2. The Labute approximate surface area is 68.1 Å². The molecule has 12 heavy (non-hydrogen) atoms. The second-order valence-corrected chi connectivity index (χ2v) is 3.49. The maximum Gasteiger partial charge on any atom is 0.404 e. The fourth-order valence-corrected chi connectivity index (χ4v) is 1.33. The fourth-order valence-electron chi connectivity index (χ4n) is 0.599. The molecular weight excluding hydrogens is 199 g/mol. The third-order valence-electron chi connectivity index (χ3n) is 1.08. The van der Waals surface area contributed by atoms with Gasteiger partial charge in [-0.25, -0.2) is 8.42 Å². The largest absolute Gasteiger partial charge is 0.747 e. The molecular formula is C4H10F3NO3S. The molecule has 0 aromatic rings. The Balaban J connectivity index is 0. The predicted octanol–water partition coefficient (Wildman–Crippen LogP) is 1.25. The summed E-state index contributed by atoms with van der Waals surface area (Å²) < 4.78 is 64.7. The van der Waals surface area contributed by atoms with E-state index in [-0.39, 0.29) is 6.15 Å². The van der Waals surface area contributed by atoms with E-state index in [4.69, 9.17) is 0 Å². The van der Waals surface area contributed by atoms with Crippen molar-refractivity contribution in [2.75, 3.05) is 0 Å². The van der Waals surface area contributed by atoms with Gasteiger partial charge in [0.25, 0.3) is 0 Å². The zero-order valence-corrected chi connectivity index (χ0v) is 7.37. The van der Waals surface area contributed by atoms with Gasteiger partial charge in [0.2, 0.25) is 0 Å². The molecule has 4 nitrogen and oxygen atoms in total. The first-order valence-corrected chi connectivity index (χ1v) is 4.18. The van der Waals surface area contributed by atoms with Crippen LogP contribution in [0.25, 0.3) is 0 Å². The van der Waals surface area contributed by atoms with Crippen molar-refractivity contribution in [1.82, 2.24) is 6.15 Å². The molecule has 0 heterocycles. The van der Waals surface area contributed by atoms with Crippen LogP contribution in [0.4, 0.5) is 13.2 Å². The predicted molar refractivity (Wildman–Crippen MR) is 35.8 cm³/mol. The lowest BCUT2D eigenvalue weighted by molar-refractivity contribution is -0.131. The minimum absolute atomic E-state index is 0. The highest BCUT2D eigenvalue weighted by atomic mass is 32.2. The molecule has 0 fully saturated rings. The Hall–Kier alpha value is -0.340. The van der Waals surface area contributed by atoms with E-state index < -0.39 is 28.0 Å². The lowest BCUT2D eigenvalue weighted by Gasteiger charge is -2.21. The van der Waals surface area contributed by atoms with Gasteiger partial charge in [0.1, 0.15) is 15.4 Å². The van der Waals surface area contributed by atoms with Crippen LogP contribution in [-0.2, 0) is 10.1 Å². The molecule has 1 atom stereocenters. The normalized spacial score (nSPS) is 15.1. The van der Waals surface area contributed by atoms with Crippen LogP contribution in [0.2, 0.25) is 0 Å². The topological polar surface area (TPSA) is 93.7 Å². The molecule has 0 aliphatic rings. The van der Waals surface area contributed by atoms with Crippen molar-refractivity contribution < 1.29 is 26.1 Å². The second-order valence-electron chi connectivity index (χ2n) is 1.93. The average molecular weight is 209 g/mol. The Morgan fingerprint density at radius 1 is 1.42 bits per heavy atom. The summed E-state index contributed by atoms with van der Waals surface area (Å²) in [4.78, 5) is 0. The summed E-state index contributed by atoms with van der Waals surface area (Å²) in [5.41, 5.74) is 0. The first-order valence-electron chi connectivity index (χ1n) is 2.71. The van der Waals surface area contributed by atoms with Crippen LogP contribution < -0.4 is 6.15 Å². The van der Waals surface area contributed by atoms with Crippen molar-refractivity contribution in [2.45, 2.75) is 24.8 Å². The summed E-state index contributed by atoms with van der Waals surface area (Å²) in [6.07, 6.45) is -5.69. The summed E-state index contributed by atoms with van der Waals surface area (Å²) in [5.74, 6) is 0. The maximum absolute atomic E-state index is 11.6. The summed E-state index contributed by atoms with van der Waals surface area (Å²) in [6.45, 7) is 0.994. The van der Waals surface area contributed by atoms with Crippen molar-refractivity contribution in [2.24, 2.45) is 0 Å². The number of alkyl halides is 3. The number of quaternary nitrogens is 1. The third kappa shape index (κ3) is 3.88. The second kappa shape index (κ2) is 4.06. The molecule has 0 radical (unpaired) electrons. The van der Waals surface area contributed by atoms with Crippen LogP contribution in [0.5, 0.6) is 0 Å². The van der Waals surface area contributed by atoms with E-state index in [0.29, 0.717) is 0 Å². The molecule has 0 rings (SSSR count). The van der Waals surface area contributed by atoms with Gasteiger partial charge in [-0.3, -0.25) is 0 Å². The van der Waals surface area contributed by atoms with Crippen LogP contribution in [0.1, 0.15) is 13.3 Å². The van der Waals surface area contributed by atoms with E-state index in [1.165, 1.54) is 0 Å². The van der Waals surface area contributed by atoms with Crippen molar-refractivity contribution >= 4 is 10.1 Å². The van der Waals surface area contributed by atoms with Gasteiger partial charge in [-0.1, -0.05) is 6.92 Å². The summed E-state index contributed by atoms with van der Waals surface area (Å²) >= 11 is 0. The Morgan fingerprint density at radius 3 is 1.75 bits per heavy atom. The van der Waals surface area contributed by atoms with Crippen molar-refractivity contribution in [1.29, 1.82) is 0 Å². The number of hydrogen-bond donors (Lipinski definition) is 1. The van der Waals surface area contributed by atoms with E-state index in [2.05, 4.69) is 0 Å². The summed E-state index contributed by atoms with van der Waals surface area (Å²) in [6, 6.07) is 0. The van der Waals surface area contributed by atoms with Crippen LogP contribution >= 0.6 is 0 Å². The number of halogens is 3. The Bertz CT molecular complexity index is 222. The van der Waals surface area contributed by atoms with Gasteiger partial charge in [0.05, 0.1) is 0 Å². The smallest absolute Gasteiger partial charge is 0.404 e. The SMILES string of the molecule is CCC(C(F)(F)F)S(=O)(=O)[O-].[NH4+]. The molecule has 1 unspecified atom stereocenters. The lowest BCUT2D eigenvalue weighted by Crippen LogP contribution is -2.35. The first-order chi connectivity index (χ1) is 4.69. The molecule has 0 saturated carbocycles. The fraction of sp³-hybridized carbons (Fsp3) is 1.00. The maximum atomic E-state index is 11.6. The standard InChI is InChI=1S/C4H7F3O3S.H3N/c1-2-3(4(5,6)7)11(8,9)10;/h3H,2H2,1H3,(H,8,9,10);1H3.